The first-order chi connectivity index (χ1) is 15.8. The van der Waals surface area contributed by atoms with Gasteiger partial charge in [0.2, 0.25) is 11.8 Å². The predicted molar refractivity (Wildman–Crippen MR) is 143 cm³/mol. The van der Waals surface area contributed by atoms with Crippen LogP contribution in [0.15, 0.2) is 24.3 Å². The summed E-state index contributed by atoms with van der Waals surface area (Å²) in [4.78, 5) is 37.5. The largest absolute Gasteiger partial charge is 0.444 e. The first-order valence-electron chi connectivity index (χ1n) is 12.2. The minimum atomic E-state index is -1.84. The van der Waals surface area contributed by atoms with Gasteiger partial charge in [-0.25, -0.2) is 4.79 Å². The lowest BCUT2D eigenvalue weighted by molar-refractivity contribution is -0.128. The Balaban J connectivity index is 2.68. The highest BCUT2D eigenvalue weighted by Crippen LogP contribution is 2.37. The molecule has 0 saturated heterocycles. The van der Waals surface area contributed by atoms with Crippen LogP contribution in [0.2, 0.25) is 18.1 Å². The van der Waals surface area contributed by atoms with Crippen molar-refractivity contribution >= 4 is 31.9 Å². The SMILES string of the molecule is CC(C)[C@H](NC(=O)OC(C)(C)C)C(=O)N[C@@H](C)C(=O)Nc1ccc(CO[Si](C)(C)C(C)(C)C)cc1. The van der Waals surface area contributed by atoms with Crippen molar-refractivity contribution in [3.63, 3.8) is 0 Å². The highest BCUT2D eigenvalue weighted by Gasteiger charge is 2.37. The molecule has 198 valence electrons. The number of ether oxygens (including phenoxy) is 1. The van der Waals surface area contributed by atoms with Crippen LogP contribution < -0.4 is 16.0 Å². The monoisotopic (exact) mass is 507 g/mol. The van der Waals surface area contributed by atoms with E-state index in [0.29, 0.717) is 12.3 Å². The van der Waals surface area contributed by atoms with E-state index in [9.17, 15) is 14.4 Å². The van der Waals surface area contributed by atoms with Crippen molar-refractivity contribution in [3.05, 3.63) is 29.8 Å². The zero-order chi connectivity index (χ0) is 27.2. The van der Waals surface area contributed by atoms with Gasteiger partial charge < -0.3 is 25.1 Å². The van der Waals surface area contributed by atoms with Crippen LogP contribution in [0.3, 0.4) is 0 Å². The standard InChI is InChI=1S/C26H45N3O5Si/c1-17(2)21(29-24(32)34-25(4,5)6)23(31)27-18(3)22(30)28-20-14-12-19(13-15-20)16-33-35(10,11)26(7,8)9/h12-15,17-18,21H,16H2,1-11H3,(H,27,31)(H,28,30)(H,29,32)/t18-,21-/m0/s1. The Labute approximate surface area is 212 Å². The molecular weight excluding hydrogens is 462 g/mol. The van der Waals surface area contributed by atoms with E-state index in [1.165, 1.54) is 0 Å². The number of rotatable bonds is 9. The number of anilines is 1. The number of nitrogens with one attached hydrogen (secondary N) is 3. The molecule has 1 aromatic rings. The Morgan fingerprint density at radius 2 is 1.43 bits per heavy atom. The fourth-order valence-electron chi connectivity index (χ4n) is 2.75. The molecule has 0 unspecified atom stereocenters. The summed E-state index contributed by atoms with van der Waals surface area (Å²) in [5, 5.41) is 8.22. The molecule has 0 heterocycles. The van der Waals surface area contributed by atoms with E-state index in [1.54, 1.807) is 27.7 Å². The van der Waals surface area contributed by atoms with Crippen molar-refractivity contribution in [2.45, 2.75) is 105 Å². The topological polar surface area (TPSA) is 106 Å². The van der Waals surface area contributed by atoms with E-state index in [4.69, 9.17) is 9.16 Å². The van der Waals surface area contributed by atoms with E-state index in [-0.39, 0.29) is 16.9 Å². The van der Waals surface area contributed by atoms with Crippen LogP contribution in [-0.2, 0) is 25.4 Å². The molecule has 8 nitrogen and oxygen atoms in total. The van der Waals surface area contributed by atoms with Crippen molar-refractivity contribution in [3.8, 4) is 0 Å². The summed E-state index contributed by atoms with van der Waals surface area (Å²) in [7, 11) is -1.84. The molecule has 0 spiro atoms. The van der Waals surface area contributed by atoms with Gasteiger partial charge in [0.1, 0.15) is 17.7 Å². The van der Waals surface area contributed by atoms with Gasteiger partial charge in [-0.3, -0.25) is 9.59 Å². The molecule has 35 heavy (non-hydrogen) atoms. The maximum absolute atomic E-state index is 12.7. The van der Waals surface area contributed by atoms with Crippen molar-refractivity contribution in [2.24, 2.45) is 5.92 Å². The van der Waals surface area contributed by atoms with Crippen molar-refractivity contribution in [2.75, 3.05) is 5.32 Å². The Morgan fingerprint density at radius 1 is 0.886 bits per heavy atom. The number of hydrogen-bond acceptors (Lipinski definition) is 5. The minimum Gasteiger partial charge on any atom is -0.444 e. The number of amides is 3. The number of hydrogen-bond donors (Lipinski definition) is 3. The van der Waals surface area contributed by atoms with Gasteiger partial charge >= 0.3 is 6.09 Å². The zero-order valence-corrected chi connectivity index (χ0v) is 24.3. The average Bonchev–Trinajstić information content (AvgIpc) is 2.69. The minimum absolute atomic E-state index is 0.137. The Bertz CT molecular complexity index is 870. The van der Waals surface area contributed by atoms with E-state index >= 15 is 0 Å². The van der Waals surface area contributed by atoms with Crippen molar-refractivity contribution < 1.29 is 23.5 Å². The van der Waals surface area contributed by atoms with Crippen LogP contribution >= 0.6 is 0 Å². The summed E-state index contributed by atoms with van der Waals surface area (Å²) >= 11 is 0. The molecule has 9 heteroatoms. The quantitative estimate of drug-likeness (QED) is 0.398. The van der Waals surface area contributed by atoms with Gasteiger partial charge in [0.05, 0.1) is 6.61 Å². The molecule has 0 aromatic heterocycles. The smallest absolute Gasteiger partial charge is 0.408 e. The molecule has 0 bridgehead atoms. The van der Waals surface area contributed by atoms with Crippen LogP contribution in [0.5, 0.6) is 0 Å². The van der Waals surface area contributed by atoms with Gasteiger partial charge in [-0.1, -0.05) is 46.8 Å². The summed E-state index contributed by atoms with van der Waals surface area (Å²) in [5.41, 5.74) is 0.975. The van der Waals surface area contributed by atoms with Crippen LogP contribution in [0.25, 0.3) is 0 Å². The molecule has 2 atom stereocenters. The average molecular weight is 508 g/mol. The van der Waals surface area contributed by atoms with E-state index in [1.807, 2.05) is 38.1 Å². The summed E-state index contributed by atoms with van der Waals surface area (Å²) in [6.45, 7) is 22.0. The maximum atomic E-state index is 12.7. The van der Waals surface area contributed by atoms with Gasteiger partial charge in [-0.15, -0.1) is 0 Å². The molecule has 0 aliphatic rings. The number of benzene rings is 1. The lowest BCUT2D eigenvalue weighted by atomic mass is 10.0. The second-order valence-corrected chi connectivity index (χ2v) is 16.6. The third kappa shape index (κ3) is 10.4. The summed E-state index contributed by atoms with van der Waals surface area (Å²) in [6.07, 6.45) is -0.680. The fraction of sp³-hybridized carbons (Fsp3) is 0.654. The lowest BCUT2D eigenvalue weighted by Gasteiger charge is -2.36. The molecule has 3 N–H and O–H groups in total. The molecule has 0 aliphatic heterocycles. The highest BCUT2D eigenvalue weighted by atomic mass is 28.4. The second-order valence-electron chi connectivity index (χ2n) is 11.8. The molecule has 3 amide bonds. The first-order valence-corrected chi connectivity index (χ1v) is 15.1. The van der Waals surface area contributed by atoms with Crippen LogP contribution in [-0.4, -0.2) is 43.9 Å². The number of alkyl carbamates (subject to hydrolysis) is 1. The summed E-state index contributed by atoms with van der Waals surface area (Å²) < 4.78 is 11.5. The zero-order valence-electron chi connectivity index (χ0n) is 23.3. The predicted octanol–water partition coefficient (Wildman–Crippen LogP) is 5.20. The molecule has 0 saturated carbocycles. The van der Waals surface area contributed by atoms with Gasteiger partial charge in [0.15, 0.2) is 8.32 Å². The third-order valence-corrected chi connectivity index (χ3v) is 10.5. The first kappa shape index (κ1) is 30.6. The summed E-state index contributed by atoms with van der Waals surface area (Å²) in [6, 6.07) is 5.85. The summed E-state index contributed by atoms with van der Waals surface area (Å²) in [5.74, 6) is -1.01. The van der Waals surface area contributed by atoms with Gasteiger partial charge in [-0.05, 0) is 69.4 Å². The van der Waals surface area contributed by atoms with Crippen molar-refractivity contribution in [1.82, 2.24) is 10.6 Å². The normalized spacial score (nSPS) is 14.2. The second kappa shape index (κ2) is 12.0. The molecular formula is C26H45N3O5Si. The van der Waals surface area contributed by atoms with Gasteiger partial charge in [0, 0.05) is 5.69 Å². The lowest BCUT2D eigenvalue weighted by Crippen LogP contribution is -2.54. The molecule has 1 rings (SSSR count). The van der Waals surface area contributed by atoms with E-state index in [0.717, 1.165) is 5.56 Å². The Morgan fingerprint density at radius 3 is 1.89 bits per heavy atom. The van der Waals surface area contributed by atoms with E-state index in [2.05, 4.69) is 49.8 Å². The Hall–Kier alpha value is -2.39. The van der Waals surface area contributed by atoms with Crippen LogP contribution in [0.4, 0.5) is 10.5 Å². The number of carbonyl (C=O) groups excluding carboxylic acids is 3. The highest BCUT2D eigenvalue weighted by molar-refractivity contribution is 6.74. The van der Waals surface area contributed by atoms with Crippen molar-refractivity contribution in [1.29, 1.82) is 0 Å². The van der Waals surface area contributed by atoms with Crippen LogP contribution in [0.1, 0.15) is 67.9 Å². The number of carbonyl (C=O) groups is 3. The van der Waals surface area contributed by atoms with Gasteiger partial charge in [0.25, 0.3) is 0 Å². The van der Waals surface area contributed by atoms with E-state index < -0.39 is 38.0 Å². The Kier molecular flexibility index (Phi) is 10.5. The molecule has 0 fully saturated rings. The molecule has 0 radical (unpaired) electrons. The van der Waals surface area contributed by atoms with Crippen LogP contribution in [0, 0.1) is 5.92 Å². The fourth-order valence-corrected chi connectivity index (χ4v) is 3.71. The maximum Gasteiger partial charge on any atom is 0.408 e. The molecule has 1 aromatic carbocycles. The molecule has 0 aliphatic carbocycles. The van der Waals surface area contributed by atoms with Gasteiger partial charge in [-0.2, -0.15) is 0 Å². The third-order valence-electron chi connectivity index (χ3n) is 6.00.